The minimum absolute atomic E-state index is 0. The largest absolute Gasteiger partial charge is 0.474 e. The number of nitrogens with zero attached hydrogens (tertiary/aromatic N) is 2. The first-order chi connectivity index (χ1) is 10.8. The molecule has 0 bridgehead atoms. The lowest BCUT2D eigenvalue weighted by atomic mass is 9.98. The van der Waals surface area contributed by atoms with Gasteiger partial charge in [-0.15, -0.1) is 30.4 Å². The number of rotatable bonds is 5. The van der Waals surface area contributed by atoms with Crippen molar-refractivity contribution in [1.29, 1.82) is 0 Å². The third-order valence-electron chi connectivity index (χ3n) is 3.68. The molecule has 0 spiro atoms. The summed E-state index contributed by atoms with van der Waals surface area (Å²) in [6, 6.07) is 3.95. The second-order valence-corrected chi connectivity index (χ2v) is 5.36. The second kappa shape index (κ2) is 11.1. The Morgan fingerprint density at radius 2 is 2.17 bits per heavy atom. The van der Waals surface area contributed by atoms with E-state index >= 15 is 0 Å². The van der Waals surface area contributed by atoms with Crippen LogP contribution in [0.3, 0.4) is 0 Å². The summed E-state index contributed by atoms with van der Waals surface area (Å²) in [7, 11) is 1.72. The Kier molecular flexibility index (Phi) is 9.45. The molecule has 0 radical (unpaired) electrons. The van der Waals surface area contributed by atoms with Crippen LogP contribution in [0, 0.1) is 12.3 Å². The first kappa shape index (κ1) is 19.6. The van der Waals surface area contributed by atoms with Gasteiger partial charge in [-0.3, -0.25) is 4.99 Å². The highest BCUT2D eigenvalue weighted by molar-refractivity contribution is 14.0. The monoisotopic (exact) mass is 428 g/mol. The maximum absolute atomic E-state index is 5.98. The van der Waals surface area contributed by atoms with Gasteiger partial charge in [0, 0.05) is 25.9 Å². The summed E-state index contributed by atoms with van der Waals surface area (Å²) < 4.78 is 5.98. The lowest BCUT2D eigenvalue weighted by Gasteiger charge is -2.22. The van der Waals surface area contributed by atoms with Gasteiger partial charge in [0.15, 0.2) is 5.96 Å². The number of aliphatic imine (C=N–C) groups is 1. The van der Waals surface area contributed by atoms with E-state index in [0.29, 0.717) is 31.0 Å². The molecule has 1 aliphatic carbocycles. The number of aromatic nitrogens is 1. The molecular formula is C17H25IN4O. The number of ether oxygens (including phenoxy) is 1. The molecular weight excluding hydrogens is 403 g/mol. The summed E-state index contributed by atoms with van der Waals surface area (Å²) in [6.07, 6.45) is 13.4. The maximum atomic E-state index is 5.98. The SMILES string of the molecule is C#CCNC(=NC)NCc1ccnc(OC2CCCCC2)c1.I. The van der Waals surface area contributed by atoms with Crippen molar-refractivity contribution in [2.24, 2.45) is 4.99 Å². The van der Waals surface area contributed by atoms with E-state index < -0.39 is 0 Å². The van der Waals surface area contributed by atoms with Gasteiger partial charge in [-0.05, 0) is 37.3 Å². The molecule has 1 fully saturated rings. The summed E-state index contributed by atoms with van der Waals surface area (Å²) in [5.41, 5.74) is 1.10. The number of nitrogens with one attached hydrogen (secondary N) is 2. The van der Waals surface area contributed by atoms with Crippen LogP contribution in [0.2, 0.25) is 0 Å². The third-order valence-corrected chi connectivity index (χ3v) is 3.68. The van der Waals surface area contributed by atoms with Crippen LogP contribution < -0.4 is 15.4 Å². The van der Waals surface area contributed by atoms with E-state index in [9.17, 15) is 0 Å². The standard InChI is InChI=1S/C17H24N4O.HI/c1-3-10-20-17(18-2)21-13-14-9-11-19-16(12-14)22-15-7-5-4-6-8-15;/h1,9,11-12,15H,4-8,10,13H2,2H3,(H2,18,20,21);1H. The topological polar surface area (TPSA) is 58.5 Å². The lowest BCUT2D eigenvalue weighted by molar-refractivity contribution is 0.148. The van der Waals surface area contributed by atoms with Crippen LogP contribution in [0.25, 0.3) is 0 Å². The van der Waals surface area contributed by atoms with Crippen molar-refractivity contribution in [3.05, 3.63) is 23.9 Å². The molecule has 126 valence electrons. The van der Waals surface area contributed by atoms with Gasteiger partial charge in [0.1, 0.15) is 6.10 Å². The van der Waals surface area contributed by atoms with Gasteiger partial charge in [0.05, 0.1) is 6.54 Å². The molecule has 23 heavy (non-hydrogen) atoms. The van der Waals surface area contributed by atoms with E-state index in [1.54, 1.807) is 13.2 Å². The summed E-state index contributed by atoms with van der Waals surface area (Å²) in [5, 5.41) is 6.24. The molecule has 2 rings (SSSR count). The quantitative estimate of drug-likeness (QED) is 0.328. The predicted octanol–water partition coefficient (Wildman–Crippen LogP) is 2.71. The Morgan fingerprint density at radius 3 is 2.87 bits per heavy atom. The van der Waals surface area contributed by atoms with Crippen molar-refractivity contribution in [2.75, 3.05) is 13.6 Å². The highest BCUT2D eigenvalue weighted by Crippen LogP contribution is 2.22. The zero-order chi connectivity index (χ0) is 15.6. The van der Waals surface area contributed by atoms with Crippen LogP contribution in [0.15, 0.2) is 23.3 Å². The Bertz CT molecular complexity index is 536. The van der Waals surface area contributed by atoms with Crippen LogP contribution in [-0.2, 0) is 6.54 Å². The first-order valence-electron chi connectivity index (χ1n) is 7.81. The summed E-state index contributed by atoms with van der Waals surface area (Å²) in [5.74, 6) is 3.91. The van der Waals surface area contributed by atoms with Gasteiger partial charge in [-0.25, -0.2) is 4.98 Å². The smallest absolute Gasteiger partial charge is 0.213 e. The molecule has 1 aromatic rings. The minimum Gasteiger partial charge on any atom is -0.474 e. The van der Waals surface area contributed by atoms with Crippen molar-refractivity contribution in [1.82, 2.24) is 15.6 Å². The van der Waals surface area contributed by atoms with E-state index in [1.165, 1.54) is 19.3 Å². The minimum atomic E-state index is 0. The first-order valence-corrected chi connectivity index (χ1v) is 7.81. The Balaban J connectivity index is 0.00000264. The third kappa shape index (κ3) is 7.08. The number of halogens is 1. The van der Waals surface area contributed by atoms with Crippen LogP contribution in [-0.4, -0.2) is 30.6 Å². The molecule has 0 aliphatic heterocycles. The Labute approximate surface area is 155 Å². The molecule has 0 amide bonds. The van der Waals surface area contributed by atoms with E-state index in [2.05, 4.69) is 26.5 Å². The number of hydrogen-bond donors (Lipinski definition) is 2. The molecule has 0 saturated heterocycles. The van der Waals surface area contributed by atoms with Crippen LogP contribution >= 0.6 is 24.0 Å². The van der Waals surface area contributed by atoms with Crippen molar-refractivity contribution < 1.29 is 4.74 Å². The number of guanidine groups is 1. The predicted molar refractivity (Wildman–Crippen MR) is 104 cm³/mol. The zero-order valence-electron chi connectivity index (χ0n) is 13.5. The van der Waals surface area contributed by atoms with Gasteiger partial charge in [0.25, 0.3) is 0 Å². The van der Waals surface area contributed by atoms with Crippen molar-refractivity contribution >= 4 is 29.9 Å². The van der Waals surface area contributed by atoms with Crippen LogP contribution in [0.4, 0.5) is 0 Å². The molecule has 0 unspecified atom stereocenters. The number of terminal acetylenes is 1. The van der Waals surface area contributed by atoms with E-state index in [-0.39, 0.29) is 24.0 Å². The van der Waals surface area contributed by atoms with E-state index in [0.717, 1.165) is 18.4 Å². The number of pyridine rings is 1. The molecule has 1 aliphatic rings. The number of hydrogen-bond acceptors (Lipinski definition) is 3. The molecule has 0 aromatic carbocycles. The van der Waals surface area contributed by atoms with Gasteiger partial charge >= 0.3 is 0 Å². The Hall–Kier alpha value is -1.49. The average Bonchev–Trinajstić information content (AvgIpc) is 2.56. The van der Waals surface area contributed by atoms with Crippen molar-refractivity contribution in [2.45, 2.75) is 44.8 Å². The molecule has 1 aromatic heterocycles. The van der Waals surface area contributed by atoms with E-state index in [4.69, 9.17) is 11.2 Å². The normalized spacial score (nSPS) is 15.2. The molecule has 2 N–H and O–H groups in total. The fourth-order valence-corrected chi connectivity index (χ4v) is 2.52. The van der Waals surface area contributed by atoms with Crippen molar-refractivity contribution in [3.8, 4) is 18.2 Å². The molecule has 0 atom stereocenters. The second-order valence-electron chi connectivity index (χ2n) is 5.36. The highest BCUT2D eigenvalue weighted by Gasteiger charge is 2.15. The molecule has 5 nitrogen and oxygen atoms in total. The summed E-state index contributed by atoms with van der Waals surface area (Å²) in [6.45, 7) is 1.10. The van der Waals surface area contributed by atoms with Crippen LogP contribution in [0.5, 0.6) is 5.88 Å². The lowest BCUT2D eigenvalue weighted by Crippen LogP contribution is -2.36. The fourth-order valence-electron chi connectivity index (χ4n) is 2.52. The van der Waals surface area contributed by atoms with Crippen molar-refractivity contribution in [3.63, 3.8) is 0 Å². The Morgan fingerprint density at radius 1 is 1.39 bits per heavy atom. The zero-order valence-corrected chi connectivity index (χ0v) is 15.9. The van der Waals surface area contributed by atoms with Gasteiger partial charge in [-0.1, -0.05) is 12.3 Å². The van der Waals surface area contributed by atoms with Crippen LogP contribution in [0.1, 0.15) is 37.7 Å². The summed E-state index contributed by atoms with van der Waals surface area (Å²) in [4.78, 5) is 8.42. The summed E-state index contributed by atoms with van der Waals surface area (Å²) >= 11 is 0. The highest BCUT2D eigenvalue weighted by atomic mass is 127. The van der Waals surface area contributed by atoms with Gasteiger partial charge in [-0.2, -0.15) is 0 Å². The molecule has 1 saturated carbocycles. The average molecular weight is 428 g/mol. The maximum Gasteiger partial charge on any atom is 0.213 e. The van der Waals surface area contributed by atoms with Gasteiger partial charge < -0.3 is 15.4 Å². The molecule has 1 heterocycles. The van der Waals surface area contributed by atoms with E-state index in [1.807, 2.05) is 12.1 Å². The molecule has 6 heteroatoms. The fraction of sp³-hybridized carbons (Fsp3) is 0.529. The van der Waals surface area contributed by atoms with Gasteiger partial charge in [0.2, 0.25) is 5.88 Å².